The molecule has 0 aliphatic rings. The highest BCUT2D eigenvalue weighted by atomic mass is 28.4. The summed E-state index contributed by atoms with van der Waals surface area (Å²) in [5.41, 5.74) is 0. The van der Waals surface area contributed by atoms with Crippen LogP contribution in [0, 0.1) is 0 Å². The standard InChI is InChI=1S/C19H41NO8Si/c1-7-24-19(21)20(13-14-23-15-16-25-18(5)22-6)12-11-17-29(26-8-2,27-9-3)28-10-4/h18H,7-17H2,1-6H3. The first-order valence-electron chi connectivity index (χ1n) is 10.5. The average molecular weight is 440 g/mol. The number of hydrogen-bond acceptors (Lipinski definition) is 8. The van der Waals surface area contributed by atoms with Gasteiger partial charge in [0.15, 0.2) is 6.29 Å². The van der Waals surface area contributed by atoms with E-state index in [2.05, 4.69) is 0 Å². The van der Waals surface area contributed by atoms with E-state index in [0.717, 1.165) is 0 Å². The van der Waals surface area contributed by atoms with Gasteiger partial charge in [0.25, 0.3) is 0 Å². The van der Waals surface area contributed by atoms with E-state index in [9.17, 15) is 4.79 Å². The van der Waals surface area contributed by atoms with Gasteiger partial charge in [-0.2, -0.15) is 0 Å². The third-order valence-electron chi connectivity index (χ3n) is 3.95. The number of methoxy groups -OCH3 is 1. The number of rotatable bonds is 19. The second-order valence-corrected chi connectivity index (χ2v) is 8.79. The Morgan fingerprint density at radius 1 is 0.897 bits per heavy atom. The molecule has 0 heterocycles. The van der Waals surface area contributed by atoms with E-state index in [1.807, 2.05) is 27.7 Å². The number of ether oxygens (including phenoxy) is 4. The Balaban J connectivity index is 4.52. The molecule has 0 aromatic carbocycles. The SMILES string of the molecule is CCOC(=O)N(CCC[Si](OCC)(OCC)OCC)CCOCCOC(C)OC. The van der Waals surface area contributed by atoms with Crippen LogP contribution in [0.4, 0.5) is 4.79 Å². The van der Waals surface area contributed by atoms with Crippen LogP contribution in [0.15, 0.2) is 0 Å². The summed E-state index contributed by atoms with van der Waals surface area (Å²) in [6.45, 7) is 13.5. The smallest absolute Gasteiger partial charge is 0.450 e. The Bertz CT molecular complexity index is 385. The van der Waals surface area contributed by atoms with Crippen molar-refractivity contribution >= 4 is 14.9 Å². The second kappa shape index (κ2) is 18.1. The molecule has 0 saturated carbocycles. The van der Waals surface area contributed by atoms with Crippen molar-refractivity contribution in [2.24, 2.45) is 0 Å². The van der Waals surface area contributed by atoms with Gasteiger partial charge in [0, 0.05) is 46.1 Å². The normalized spacial score (nSPS) is 12.8. The van der Waals surface area contributed by atoms with Crippen molar-refractivity contribution in [2.75, 3.05) is 66.4 Å². The number of amides is 1. The van der Waals surface area contributed by atoms with Gasteiger partial charge in [-0.05, 0) is 41.0 Å². The monoisotopic (exact) mass is 439 g/mol. The molecule has 0 rings (SSSR count). The van der Waals surface area contributed by atoms with Gasteiger partial charge in [-0.3, -0.25) is 0 Å². The van der Waals surface area contributed by atoms with Crippen LogP contribution in [0.1, 0.15) is 41.0 Å². The maximum atomic E-state index is 12.2. The van der Waals surface area contributed by atoms with Crippen LogP contribution in [0.5, 0.6) is 0 Å². The lowest BCUT2D eigenvalue weighted by atomic mass is 10.4. The van der Waals surface area contributed by atoms with Gasteiger partial charge in [-0.1, -0.05) is 0 Å². The number of nitrogens with zero attached hydrogens (tertiary/aromatic N) is 1. The summed E-state index contributed by atoms with van der Waals surface area (Å²) in [6.07, 6.45) is 0.0800. The van der Waals surface area contributed by atoms with Crippen LogP contribution in [0.3, 0.4) is 0 Å². The molecular formula is C19H41NO8Si. The zero-order valence-electron chi connectivity index (χ0n) is 19.1. The highest BCUT2D eigenvalue weighted by molar-refractivity contribution is 6.60. The predicted octanol–water partition coefficient (Wildman–Crippen LogP) is 2.91. The molecule has 0 aromatic rings. The van der Waals surface area contributed by atoms with E-state index in [1.165, 1.54) is 0 Å². The molecule has 0 fully saturated rings. The van der Waals surface area contributed by atoms with E-state index >= 15 is 0 Å². The molecule has 1 atom stereocenters. The van der Waals surface area contributed by atoms with Crippen LogP contribution >= 0.6 is 0 Å². The number of hydrogen-bond donors (Lipinski definition) is 0. The zero-order chi connectivity index (χ0) is 22.0. The van der Waals surface area contributed by atoms with Gasteiger partial charge in [0.05, 0.1) is 26.4 Å². The summed E-state index contributed by atoms with van der Waals surface area (Å²) in [7, 11) is -1.13. The summed E-state index contributed by atoms with van der Waals surface area (Å²) in [5.74, 6) is 0. The van der Waals surface area contributed by atoms with Crippen molar-refractivity contribution in [2.45, 2.75) is 53.4 Å². The summed E-state index contributed by atoms with van der Waals surface area (Å²) in [4.78, 5) is 13.9. The van der Waals surface area contributed by atoms with Crippen molar-refractivity contribution in [1.29, 1.82) is 0 Å². The summed E-state index contributed by atoms with van der Waals surface area (Å²) in [5, 5.41) is 0. The van der Waals surface area contributed by atoms with Gasteiger partial charge >= 0.3 is 14.9 Å². The molecule has 10 heteroatoms. The topological polar surface area (TPSA) is 84.9 Å². The Morgan fingerprint density at radius 2 is 1.52 bits per heavy atom. The molecule has 0 aliphatic carbocycles. The maximum absolute atomic E-state index is 12.2. The molecule has 9 nitrogen and oxygen atoms in total. The number of carbonyl (C=O) groups excluding carboxylic acids is 1. The van der Waals surface area contributed by atoms with E-state index in [4.69, 9.17) is 32.2 Å². The van der Waals surface area contributed by atoms with Gasteiger partial charge in [-0.15, -0.1) is 0 Å². The Kier molecular flexibility index (Phi) is 17.6. The number of carbonyl (C=O) groups is 1. The summed E-state index contributed by atoms with van der Waals surface area (Å²) in [6, 6.07) is 0.641. The highest BCUT2D eigenvalue weighted by Gasteiger charge is 2.39. The lowest BCUT2D eigenvalue weighted by molar-refractivity contribution is -0.122. The molecule has 174 valence electrons. The second-order valence-electron chi connectivity index (χ2n) is 6.06. The van der Waals surface area contributed by atoms with E-state index in [0.29, 0.717) is 71.8 Å². The largest absolute Gasteiger partial charge is 0.500 e. The van der Waals surface area contributed by atoms with E-state index < -0.39 is 8.80 Å². The van der Waals surface area contributed by atoms with Gasteiger partial charge in [0.2, 0.25) is 0 Å². The van der Waals surface area contributed by atoms with Crippen LogP contribution in [0.25, 0.3) is 0 Å². The molecule has 0 bridgehead atoms. The van der Waals surface area contributed by atoms with Crippen molar-refractivity contribution in [3.05, 3.63) is 0 Å². The Labute approximate surface area is 177 Å². The zero-order valence-corrected chi connectivity index (χ0v) is 20.1. The summed E-state index contributed by atoms with van der Waals surface area (Å²) < 4.78 is 38.7. The molecule has 0 aliphatic heterocycles. The predicted molar refractivity (Wildman–Crippen MR) is 112 cm³/mol. The molecular weight excluding hydrogens is 398 g/mol. The molecule has 0 saturated heterocycles. The van der Waals surface area contributed by atoms with Crippen molar-refractivity contribution in [1.82, 2.24) is 4.90 Å². The molecule has 29 heavy (non-hydrogen) atoms. The Morgan fingerprint density at radius 3 is 2.03 bits per heavy atom. The van der Waals surface area contributed by atoms with Crippen LogP contribution < -0.4 is 0 Å². The van der Waals surface area contributed by atoms with E-state index in [1.54, 1.807) is 18.9 Å². The van der Waals surface area contributed by atoms with E-state index in [-0.39, 0.29) is 12.4 Å². The van der Waals surface area contributed by atoms with Gasteiger partial charge in [-0.25, -0.2) is 4.79 Å². The minimum absolute atomic E-state index is 0.264. The fraction of sp³-hybridized carbons (Fsp3) is 0.947. The molecule has 1 amide bonds. The molecule has 0 N–H and O–H groups in total. The molecule has 0 aromatic heterocycles. The maximum Gasteiger partial charge on any atom is 0.500 e. The minimum atomic E-state index is -2.72. The Hall–Kier alpha value is -0.753. The van der Waals surface area contributed by atoms with Crippen LogP contribution in [-0.2, 0) is 32.2 Å². The molecule has 1 unspecified atom stereocenters. The third-order valence-corrected chi connectivity index (χ3v) is 7.10. The lowest BCUT2D eigenvalue weighted by Gasteiger charge is -2.29. The van der Waals surface area contributed by atoms with Crippen LogP contribution in [0.2, 0.25) is 6.04 Å². The van der Waals surface area contributed by atoms with Gasteiger partial charge in [0.1, 0.15) is 0 Å². The molecule has 0 radical (unpaired) electrons. The first kappa shape index (κ1) is 28.2. The fourth-order valence-corrected chi connectivity index (χ4v) is 5.21. The lowest BCUT2D eigenvalue weighted by Crippen LogP contribution is -2.46. The quantitative estimate of drug-likeness (QED) is 0.173. The van der Waals surface area contributed by atoms with Crippen molar-refractivity contribution in [3.8, 4) is 0 Å². The van der Waals surface area contributed by atoms with Gasteiger partial charge < -0.3 is 37.1 Å². The van der Waals surface area contributed by atoms with Crippen LogP contribution in [-0.4, -0.2) is 92.5 Å². The average Bonchev–Trinajstić information content (AvgIpc) is 2.69. The van der Waals surface area contributed by atoms with Crippen molar-refractivity contribution in [3.63, 3.8) is 0 Å². The van der Waals surface area contributed by atoms with Crippen molar-refractivity contribution < 1.29 is 37.0 Å². The first-order chi connectivity index (χ1) is 14.0. The fourth-order valence-electron chi connectivity index (χ4n) is 2.61. The summed E-state index contributed by atoms with van der Waals surface area (Å²) >= 11 is 0. The first-order valence-corrected chi connectivity index (χ1v) is 12.5. The third kappa shape index (κ3) is 13.2. The molecule has 0 spiro atoms. The minimum Gasteiger partial charge on any atom is -0.450 e. The highest BCUT2D eigenvalue weighted by Crippen LogP contribution is 2.18.